The molecule has 0 fully saturated rings. The molecular formula is C22H22N4S. The number of thiazole rings is 1. The van der Waals surface area contributed by atoms with Gasteiger partial charge < -0.3 is 10.2 Å². The molecule has 0 saturated heterocycles. The van der Waals surface area contributed by atoms with Crippen LogP contribution in [0.25, 0.3) is 21.3 Å². The number of nitrogens with zero attached hydrogens (tertiary/aromatic N) is 3. The molecule has 0 spiro atoms. The Bertz CT molecular complexity index is 1020. The molecule has 4 aromatic rings. The smallest absolute Gasteiger partial charge is 0.184 e. The van der Waals surface area contributed by atoms with E-state index in [-0.39, 0.29) is 0 Å². The maximum Gasteiger partial charge on any atom is 0.184 e. The topological polar surface area (TPSA) is 41.0 Å². The Kier molecular flexibility index (Phi) is 5.14. The van der Waals surface area contributed by atoms with Crippen LogP contribution >= 0.6 is 11.3 Å². The van der Waals surface area contributed by atoms with Gasteiger partial charge in [-0.2, -0.15) is 0 Å². The Morgan fingerprint density at radius 2 is 1.63 bits per heavy atom. The molecule has 2 heterocycles. The summed E-state index contributed by atoms with van der Waals surface area (Å²) in [4.78, 5) is 11.0. The van der Waals surface area contributed by atoms with Crippen molar-refractivity contribution in [3.05, 3.63) is 78.1 Å². The summed E-state index contributed by atoms with van der Waals surface area (Å²) in [6, 6.07) is 19.2. The number of anilines is 1. The minimum atomic E-state index is 0.777. The Balaban J connectivity index is 1.46. The van der Waals surface area contributed by atoms with Gasteiger partial charge in [0.2, 0.25) is 0 Å². The normalized spacial score (nSPS) is 11.2. The first kappa shape index (κ1) is 17.6. The number of hydrogen-bond acceptors (Lipinski definition) is 5. The fourth-order valence-electron chi connectivity index (χ4n) is 3.03. The summed E-state index contributed by atoms with van der Waals surface area (Å²) in [5, 5.41) is 4.41. The predicted molar refractivity (Wildman–Crippen MR) is 114 cm³/mol. The van der Waals surface area contributed by atoms with E-state index in [0.717, 1.165) is 23.7 Å². The molecule has 136 valence electrons. The summed E-state index contributed by atoms with van der Waals surface area (Å²) in [6.07, 6.45) is 3.64. The molecule has 0 aliphatic rings. The zero-order chi connectivity index (χ0) is 18.6. The van der Waals surface area contributed by atoms with E-state index in [2.05, 4.69) is 71.8 Å². The number of rotatable bonds is 6. The molecule has 4 rings (SSSR count). The van der Waals surface area contributed by atoms with Crippen molar-refractivity contribution in [1.29, 1.82) is 0 Å². The van der Waals surface area contributed by atoms with Crippen molar-refractivity contribution in [3.63, 3.8) is 0 Å². The van der Waals surface area contributed by atoms with Gasteiger partial charge in [0.25, 0.3) is 0 Å². The molecule has 0 aliphatic carbocycles. The van der Waals surface area contributed by atoms with Crippen LogP contribution in [0.3, 0.4) is 0 Å². The van der Waals surface area contributed by atoms with Crippen molar-refractivity contribution in [2.45, 2.75) is 13.1 Å². The summed E-state index contributed by atoms with van der Waals surface area (Å²) < 4.78 is 1.19. The van der Waals surface area contributed by atoms with Gasteiger partial charge in [0.15, 0.2) is 5.13 Å². The van der Waals surface area contributed by atoms with Gasteiger partial charge in [-0.25, -0.2) is 4.98 Å². The summed E-state index contributed by atoms with van der Waals surface area (Å²) in [6.45, 7) is 1.74. The van der Waals surface area contributed by atoms with E-state index in [1.165, 1.54) is 27.0 Å². The van der Waals surface area contributed by atoms with Gasteiger partial charge in [-0.3, -0.25) is 4.98 Å². The van der Waals surface area contributed by atoms with Crippen LogP contribution in [0.1, 0.15) is 11.1 Å². The number of hydrogen-bond donors (Lipinski definition) is 1. The van der Waals surface area contributed by atoms with E-state index >= 15 is 0 Å². The molecule has 27 heavy (non-hydrogen) atoms. The van der Waals surface area contributed by atoms with Crippen LogP contribution in [0.4, 0.5) is 5.13 Å². The van der Waals surface area contributed by atoms with Crippen LogP contribution in [0, 0.1) is 0 Å². The quantitative estimate of drug-likeness (QED) is 0.514. The van der Waals surface area contributed by atoms with E-state index in [1.807, 2.05) is 24.5 Å². The summed E-state index contributed by atoms with van der Waals surface area (Å²) in [5.74, 6) is 0. The van der Waals surface area contributed by atoms with Crippen LogP contribution in [0.15, 0.2) is 67.0 Å². The number of aromatic nitrogens is 2. The molecule has 2 aromatic heterocycles. The Hall–Kier alpha value is -2.76. The molecule has 0 saturated carbocycles. The van der Waals surface area contributed by atoms with E-state index in [0.29, 0.717) is 0 Å². The van der Waals surface area contributed by atoms with Crippen molar-refractivity contribution >= 4 is 26.7 Å². The van der Waals surface area contributed by atoms with E-state index in [4.69, 9.17) is 4.98 Å². The van der Waals surface area contributed by atoms with Crippen molar-refractivity contribution in [3.8, 4) is 11.1 Å². The fourth-order valence-corrected chi connectivity index (χ4v) is 3.93. The van der Waals surface area contributed by atoms with Gasteiger partial charge in [0, 0.05) is 25.5 Å². The summed E-state index contributed by atoms with van der Waals surface area (Å²) >= 11 is 1.69. The maximum atomic E-state index is 4.71. The lowest BCUT2D eigenvalue weighted by Gasteiger charge is -2.10. The lowest BCUT2D eigenvalue weighted by molar-refractivity contribution is 0.402. The van der Waals surface area contributed by atoms with Gasteiger partial charge in [-0.15, -0.1) is 0 Å². The minimum absolute atomic E-state index is 0.777. The zero-order valence-corrected chi connectivity index (χ0v) is 16.3. The average Bonchev–Trinajstić information content (AvgIpc) is 3.10. The standard InChI is InChI=1S/C22H22N4S/c1-26(2)15-17-5-3-16(4-6-17)14-24-22-25-20-8-7-19(13-21(20)27-22)18-9-11-23-12-10-18/h3-13H,14-15H2,1-2H3,(H,24,25). The summed E-state index contributed by atoms with van der Waals surface area (Å²) in [5.41, 5.74) is 5.98. The van der Waals surface area contributed by atoms with Crippen molar-refractivity contribution in [2.75, 3.05) is 19.4 Å². The van der Waals surface area contributed by atoms with Crippen LogP contribution in [0.5, 0.6) is 0 Å². The van der Waals surface area contributed by atoms with E-state index in [1.54, 1.807) is 11.3 Å². The van der Waals surface area contributed by atoms with Gasteiger partial charge in [0.1, 0.15) is 0 Å². The zero-order valence-electron chi connectivity index (χ0n) is 15.5. The molecule has 0 atom stereocenters. The molecule has 0 bridgehead atoms. The lowest BCUT2D eigenvalue weighted by Crippen LogP contribution is -2.10. The Morgan fingerprint density at radius 1 is 0.889 bits per heavy atom. The molecule has 0 amide bonds. The SMILES string of the molecule is CN(C)Cc1ccc(CNc2nc3ccc(-c4ccncc4)cc3s2)cc1. The monoisotopic (exact) mass is 374 g/mol. The van der Waals surface area contributed by atoms with Crippen LogP contribution in [-0.4, -0.2) is 29.0 Å². The molecule has 2 aromatic carbocycles. The highest BCUT2D eigenvalue weighted by atomic mass is 32.1. The second-order valence-corrected chi connectivity index (χ2v) is 7.88. The van der Waals surface area contributed by atoms with Gasteiger partial charge >= 0.3 is 0 Å². The van der Waals surface area contributed by atoms with Gasteiger partial charge in [-0.1, -0.05) is 41.7 Å². The highest BCUT2D eigenvalue weighted by molar-refractivity contribution is 7.22. The Morgan fingerprint density at radius 3 is 2.37 bits per heavy atom. The van der Waals surface area contributed by atoms with Gasteiger partial charge in [-0.05, 0) is 60.6 Å². The first-order valence-corrected chi connectivity index (χ1v) is 9.76. The third kappa shape index (κ3) is 4.32. The highest BCUT2D eigenvalue weighted by Gasteiger charge is 2.06. The van der Waals surface area contributed by atoms with Crippen molar-refractivity contribution in [2.24, 2.45) is 0 Å². The third-order valence-electron chi connectivity index (χ3n) is 4.37. The third-order valence-corrected chi connectivity index (χ3v) is 5.34. The van der Waals surface area contributed by atoms with E-state index < -0.39 is 0 Å². The number of pyridine rings is 1. The molecule has 0 aliphatic heterocycles. The average molecular weight is 375 g/mol. The molecule has 0 unspecified atom stereocenters. The summed E-state index contributed by atoms with van der Waals surface area (Å²) in [7, 11) is 4.17. The maximum absolute atomic E-state index is 4.71. The molecule has 5 heteroatoms. The number of benzene rings is 2. The molecule has 1 N–H and O–H groups in total. The predicted octanol–water partition coefficient (Wildman–Crippen LogP) is 5.03. The van der Waals surface area contributed by atoms with Crippen LogP contribution < -0.4 is 5.32 Å². The highest BCUT2D eigenvalue weighted by Crippen LogP contribution is 2.30. The molecule has 0 radical (unpaired) electrons. The molecular weight excluding hydrogens is 352 g/mol. The first-order chi connectivity index (χ1) is 13.2. The lowest BCUT2D eigenvalue weighted by atomic mass is 10.1. The second-order valence-electron chi connectivity index (χ2n) is 6.85. The van der Waals surface area contributed by atoms with Crippen molar-refractivity contribution < 1.29 is 0 Å². The first-order valence-electron chi connectivity index (χ1n) is 8.95. The van der Waals surface area contributed by atoms with Crippen LogP contribution in [-0.2, 0) is 13.1 Å². The number of fused-ring (bicyclic) bond motifs is 1. The largest absolute Gasteiger partial charge is 0.357 e. The van der Waals surface area contributed by atoms with E-state index in [9.17, 15) is 0 Å². The van der Waals surface area contributed by atoms with Crippen LogP contribution in [0.2, 0.25) is 0 Å². The second kappa shape index (κ2) is 7.86. The number of nitrogens with one attached hydrogen (secondary N) is 1. The molecule has 4 nitrogen and oxygen atoms in total. The Labute approximate surface area is 163 Å². The fraction of sp³-hybridized carbons (Fsp3) is 0.182. The van der Waals surface area contributed by atoms with Crippen molar-refractivity contribution in [1.82, 2.24) is 14.9 Å². The van der Waals surface area contributed by atoms with Gasteiger partial charge in [0.05, 0.1) is 10.2 Å². The minimum Gasteiger partial charge on any atom is -0.357 e.